The Labute approximate surface area is 185 Å². The number of nitrogens with zero attached hydrogens (tertiary/aromatic N) is 3. The number of hydrogen-bond donors (Lipinski definition) is 0. The smallest absolute Gasteiger partial charge is 0.297 e. The van der Waals surface area contributed by atoms with Gasteiger partial charge in [-0.2, -0.15) is 8.42 Å². The van der Waals surface area contributed by atoms with Crippen molar-refractivity contribution in [3.63, 3.8) is 0 Å². The lowest BCUT2D eigenvalue weighted by molar-refractivity contribution is -0.335. The molecule has 0 saturated carbocycles. The second-order valence-electron chi connectivity index (χ2n) is 7.48. The molecule has 4 rings (SSSR count). The Morgan fingerprint density at radius 3 is 2.47 bits per heavy atom. The van der Waals surface area contributed by atoms with Crippen molar-refractivity contribution < 1.29 is 31.5 Å². The molecule has 0 spiro atoms. The molecule has 2 aliphatic heterocycles. The van der Waals surface area contributed by atoms with E-state index in [1.165, 1.54) is 19.2 Å². The van der Waals surface area contributed by atoms with E-state index in [1.807, 2.05) is 37.3 Å². The molecular weight excluding hydrogens is 438 g/mol. The lowest BCUT2D eigenvalue weighted by atomic mass is 9.96. The summed E-state index contributed by atoms with van der Waals surface area (Å²) in [7, 11) is -2.84. The fourth-order valence-corrected chi connectivity index (χ4v) is 4.83. The van der Waals surface area contributed by atoms with Crippen LogP contribution in [0.15, 0.2) is 64.6 Å². The van der Waals surface area contributed by atoms with Gasteiger partial charge in [-0.3, -0.25) is 4.18 Å². The van der Waals surface area contributed by atoms with Crippen LogP contribution < -0.4 is 0 Å². The van der Waals surface area contributed by atoms with Crippen molar-refractivity contribution >= 4 is 10.1 Å². The number of benzene rings is 2. The van der Waals surface area contributed by atoms with Gasteiger partial charge in [0, 0.05) is 17.6 Å². The van der Waals surface area contributed by atoms with Crippen molar-refractivity contribution in [1.29, 1.82) is 0 Å². The molecule has 0 aromatic heterocycles. The molecule has 11 heteroatoms. The largest absolute Gasteiger partial charge is 0.355 e. The first-order chi connectivity index (χ1) is 15.4. The molecule has 0 unspecified atom stereocenters. The summed E-state index contributed by atoms with van der Waals surface area (Å²) in [4.78, 5) is 2.82. The number of methoxy groups -OCH3 is 1. The molecular formula is C21H23N3O7S. The number of hydrogen-bond acceptors (Lipinski definition) is 8. The molecule has 32 heavy (non-hydrogen) atoms. The Kier molecular flexibility index (Phi) is 6.77. The zero-order valence-electron chi connectivity index (χ0n) is 17.5. The van der Waals surface area contributed by atoms with Crippen LogP contribution in [0.3, 0.4) is 0 Å². The van der Waals surface area contributed by atoms with Crippen LogP contribution in [-0.2, 0) is 33.2 Å². The maximum Gasteiger partial charge on any atom is 0.297 e. The van der Waals surface area contributed by atoms with Gasteiger partial charge in [0.2, 0.25) is 0 Å². The average Bonchev–Trinajstić information content (AvgIpc) is 2.81. The first kappa shape index (κ1) is 22.7. The highest BCUT2D eigenvalue weighted by molar-refractivity contribution is 7.86. The monoisotopic (exact) mass is 461 g/mol. The summed E-state index contributed by atoms with van der Waals surface area (Å²) in [5.74, 6) is 0. The number of ether oxygens (including phenoxy) is 4. The molecule has 2 aromatic carbocycles. The predicted octanol–water partition coefficient (Wildman–Crippen LogP) is 3.23. The highest BCUT2D eigenvalue weighted by atomic mass is 32.2. The van der Waals surface area contributed by atoms with Gasteiger partial charge in [-0.15, -0.1) is 0 Å². The summed E-state index contributed by atoms with van der Waals surface area (Å²) in [6.07, 6.45) is -4.58. The first-order valence-corrected chi connectivity index (χ1v) is 11.4. The maximum atomic E-state index is 13.1. The molecule has 2 heterocycles. The second-order valence-corrected chi connectivity index (χ2v) is 9.05. The fourth-order valence-electron chi connectivity index (χ4n) is 3.73. The van der Waals surface area contributed by atoms with E-state index in [2.05, 4.69) is 10.0 Å². The van der Waals surface area contributed by atoms with Gasteiger partial charge >= 0.3 is 0 Å². The topological polar surface area (TPSA) is 129 Å². The number of azide groups is 1. The van der Waals surface area contributed by atoms with E-state index >= 15 is 0 Å². The van der Waals surface area contributed by atoms with Gasteiger partial charge in [0.15, 0.2) is 12.6 Å². The van der Waals surface area contributed by atoms with Crippen LogP contribution in [0.5, 0.6) is 0 Å². The number of rotatable bonds is 6. The lowest BCUT2D eigenvalue weighted by Gasteiger charge is -2.47. The predicted molar refractivity (Wildman–Crippen MR) is 112 cm³/mol. The number of fused-ring (bicyclic) bond motifs is 1. The molecule has 170 valence electrons. The normalized spacial score (nSPS) is 30.2. The summed E-state index contributed by atoms with van der Waals surface area (Å²) in [5.41, 5.74) is 10.8. The molecule has 0 amide bonds. The van der Waals surface area contributed by atoms with E-state index in [1.54, 1.807) is 12.1 Å². The van der Waals surface area contributed by atoms with Gasteiger partial charge in [-0.25, -0.2) is 0 Å². The van der Waals surface area contributed by atoms with Gasteiger partial charge < -0.3 is 18.9 Å². The molecule has 0 radical (unpaired) electrons. The third kappa shape index (κ3) is 4.64. The summed E-state index contributed by atoms with van der Waals surface area (Å²) in [6, 6.07) is 14.3. The molecule has 10 nitrogen and oxygen atoms in total. The molecule has 0 bridgehead atoms. The molecule has 6 atom stereocenters. The SMILES string of the molecule is CO[C@@H]1O[C@H]2CO[C@@H](c3ccccc3)O[C@@H]2[C@@H](OS(=O)(=O)c2ccc(C)cc2)[C@H]1N=[N+]=[N-]. The second kappa shape index (κ2) is 9.55. The molecule has 2 aliphatic rings. The summed E-state index contributed by atoms with van der Waals surface area (Å²) >= 11 is 0. The summed E-state index contributed by atoms with van der Waals surface area (Å²) in [5, 5.41) is 3.72. The minimum atomic E-state index is -4.21. The molecule has 2 saturated heterocycles. The van der Waals surface area contributed by atoms with Crippen LogP contribution in [0.25, 0.3) is 10.4 Å². The van der Waals surface area contributed by atoms with Crippen LogP contribution in [-0.4, -0.2) is 52.8 Å². The van der Waals surface area contributed by atoms with Gasteiger partial charge in [0.05, 0.1) is 11.5 Å². The van der Waals surface area contributed by atoms with Crippen LogP contribution >= 0.6 is 0 Å². The molecule has 2 aromatic rings. The van der Waals surface area contributed by atoms with Crippen LogP contribution in [0.2, 0.25) is 0 Å². The van der Waals surface area contributed by atoms with Crippen molar-refractivity contribution in [2.75, 3.05) is 13.7 Å². The van der Waals surface area contributed by atoms with Crippen molar-refractivity contribution in [3.8, 4) is 0 Å². The molecule has 2 fully saturated rings. The Hall–Kier alpha value is -2.50. The van der Waals surface area contributed by atoms with E-state index in [4.69, 9.17) is 28.7 Å². The zero-order chi connectivity index (χ0) is 22.7. The standard InChI is InChI=1S/C21H23N3O7S/c1-13-8-10-15(11-9-13)32(25,26)31-19-17(23-24-22)21(27-2)29-16-12-28-20(30-18(16)19)14-6-4-3-5-7-14/h3-11,16-21H,12H2,1-2H3/t16-,17+,18-,19-,20+,21+/m0/s1. The van der Waals surface area contributed by atoms with E-state index in [0.717, 1.165) is 11.1 Å². The number of aryl methyl sites for hydroxylation is 1. The van der Waals surface area contributed by atoms with Gasteiger partial charge in [0.25, 0.3) is 10.1 Å². The highest BCUT2D eigenvalue weighted by Gasteiger charge is 2.52. The first-order valence-electron chi connectivity index (χ1n) is 9.97. The van der Waals surface area contributed by atoms with Crippen molar-refractivity contribution in [2.24, 2.45) is 5.11 Å². The Balaban J connectivity index is 1.68. The van der Waals surface area contributed by atoms with Crippen LogP contribution in [0, 0.1) is 6.92 Å². The molecule has 0 N–H and O–H groups in total. The van der Waals surface area contributed by atoms with E-state index < -0.39 is 47.1 Å². The lowest BCUT2D eigenvalue weighted by Crippen LogP contribution is -2.62. The highest BCUT2D eigenvalue weighted by Crippen LogP contribution is 2.37. The summed E-state index contributed by atoms with van der Waals surface area (Å²) < 4.78 is 54.8. The minimum Gasteiger partial charge on any atom is -0.355 e. The van der Waals surface area contributed by atoms with Gasteiger partial charge in [-0.05, 0) is 24.6 Å². The maximum absolute atomic E-state index is 13.1. The van der Waals surface area contributed by atoms with Crippen molar-refractivity contribution in [1.82, 2.24) is 0 Å². The minimum absolute atomic E-state index is 0.0218. The Morgan fingerprint density at radius 2 is 1.81 bits per heavy atom. The van der Waals surface area contributed by atoms with Crippen LogP contribution in [0.4, 0.5) is 0 Å². The van der Waals surface area contributed by atoms with E-state index in [-0.39, 0.29) is 11.5 Å². The average molecular weight is 461 g/mol. The quantitative estimate of drug-likeness (QED) is 0.279. The van der Waals surface area contributed by atoms with Crippen molar-refractivity contribution in [3.05, 3.63) is 76.2 Å². The molecule has 0 aliphatic carbocycles. The van der Waals surface area contributed by atoms with Crippen LogP contribution in [0.1, 0.15) is 17.4 Å². The Morgan fingerprint density at radius 1 is 1.09 bits per heavy atom. The van der Waals surface area contributed by atoms with E-state index in [0.29, 0.717) is 0 Å². The zero-order valence-corrected chi connectivity index (χ0v) is 18.3. The van der Waals surface area contributed by atoms with E-state index in [9.17, 15) is 8.42 Å². The van der Waals surface area contributed by atoms with Crippen molar-refractivity contribution in [2.45, 2.75) is 48.8 Å². The van der Waals surface area contributed by atoms with Gasteiger partial charge in [0.1, 0.15) is 24.4 Å². The van der Waals surface area contributed by atoms with Gasteiger partial charge in [-0.1, -0.05) is 53.1 Å². The third-order valence-corrected chi connectivity index (χ3v) is 6.67. The summed E-state index contributed by atoms with van der Waals surface area (Å²) in [6.45, 7) is 1.96. The Bertz CT molecular complexity index is 1070. The third-order valence-electron chi connectivity index (χ3n) is 5.34. The fraction of sp³-hybridized carbons (Fsp3) is 0.429.